The van der Waals surface area contributed by atoms with Crippen LogP contribution in [0.15, 0.2) is 29.2 Å². The molecule has 6 nitrogen and oxygen atoms in total. The molecule has 162 valence electrons. The molecule has 7 heteroatoms. The molecule has 0 saturated carbocycles. The number of likely N-dealkylation sites (tertiary alicyclic amines) is 1. The van der Waals surface area contributed by atoms with E-state index in [0.717, 1.165) is 32.4 Å². The Labute approximate surface area is 175 Å². The largest absolute Gasteiger partial charge is 0.349 e. The van der Waals surface area contributed by atoms with Gasteiger partial charge in [0.05, 0.1) is 24.5 Å². The van der Waals surface area contributed by atoms with Gasteiger partial charge in [0.15, 0.2) is 0 Å². The summed E-state index contributed by atoms with van der Waals surface area (Å²) in [6.07, 6.45) is 4.25. The normalized spacial score (nSPS) is 28.8. The monoisotopic (exact) mass is 422 g/mol. The lowest BCUT2D eigenvalue weighted by atomic mass is 9.94. The average Bonchev–Trinajstić information content (AvgIpc) is 2.69. The highest BCUT2D eigenvalue weighted by Gasteiger charge is 2.31. The molecule has 2 heterocycles. The molecule has 2 atom stereocenters. The fourth-order valence-corrected chi connectivity index (χ4v) is 6.45. The summed E-state index contributed by atoms with van der Waals surface area (Å²) in [4.78, 5) is 14.5. The quantitative estimate of drug-likeness (QED) is 0.731. The minimum absolute atomic E-state index is 0.113. The molecule has 0 unspecified atom stereocenters. The lowest BCUT2D eigenvalue weighted by Crippen LogP contribution is -3.13. The van der Waals surface area contributed by atoms with Crippen LogP contribution in [0.3, 0.4) is 0 Å². The summed E-state index contributed by atoms with van der Waals surface area (Å²) in [6.45, 7) is 10.9. The Bertz CT molecular complexity index is 776. The minimum Gasteiger partial charge on any atom is -0.349 e. The number of hydrogen-bond donors (Lipinski definition) is 2. The van der Waals surface area contributed by atoms with Crippen LogP contribution in [0.4, 0.5) is 0 Å². The number of piperidine rings is 2. The molecule has 1 aromatic rings. The first-order valence-corrected chi connectivity index (χ1v) is 12.5. The van der Waals surface area contributed by atoms with E-state index in [2.05, 4.69) is 26.1 Å². The van der Waals surface area contributed by atoms with Crippen LogP contribution in [0.1, 0.15) is 56.8 Å². The third kappa shape index (κ3) is 5.58. The summed E-state index contributed by atoms with van der Waals surface area (Å²) >= 11 is 0. The van der Waals surface area contributed by atoms with Crippen LogP contribution >= 0.6 is 0 Å². The van der Waals surface area contributed by atoms with E-state index in [1.807, 2.05) is 0 Å². The Kier molecular flexibility index (Phi) is 7.35. The first kappa shape index (κ1) is 22.2. The molecule has 1 amide bonds. The van der Waals surface area contributed by atoms with Crippen molar-refractivity contribution in [3.63, 3.8) is 0 Å². The predicted octanol–water partition coefficient (Wildman–Crippen LogP) is 1.54. The zero-order valence-electron chi connectivity index (χ0n) is 18.0. The van der Waals surface area contributed by atoms with E-state index in [9.17, 15) is 13.2 Å². The molecule has 3 rings (SSSR count). The van der Waals surface area contributed by atoms with Gasteiger partial charge in [-0.2, -0.15) is 4.31 Å². The molecule has 0 aromatic heterocycles. The van der Waals surface area contributed by atoms with Crippen molar-refractivity contribution in [3.8, 4) is 0 Å². The van der Waals surface area contributed by atoms with Crippen molar-refractivity contribution in [2.45, 2.75) is 57.4 Å². The van der Waals surface area contributed by atoms with Gasteiger partial charge in [0, 0.05) is 37.5 Å². The molecule has 29 heavy (non-hydrogen) atoms. The van der Waals surface area contributed by atoms with E-state index in [0.29, 0.717) is 30.5 Å². The summed E-state index contributed by atoms with van der Waals surface area (Å²) in [6, 6.07) is 6.62. The Balaban J connectivity index is 1.60. The number of hydrogen-bond acceptors (Lipinski definition) is 3. The number of sulfonamides is 1. The highest BCUT2D eigenvalue weighted by molar-refractivity contribution is 7.89. The second-order valence-corrected chi connectivity index (χ2v) is 11.0. The van der Waals surface area contributed by atoms with Crippen molar-refractivity contribution in [3.05, 3.63) is 29.8 Å². The molecular formula is C22H36N3O3S+. The second kappa shape index (κ2) is 9.58. The van der Waals surface area contributed by atoms with E-state index in [4.69, 9.17) is 0 Å². The Hall–Kier alpha value is -1.44. The average molecular weight is 423 g/mol. The second-order valence-electron chi connectivity index (χ2n) is 9.04. The summed E-state index contributed by atoms with van der Waals surface area (Å²) in [5.41, 5.74) is 0.521. The molecule has 2 fully saturated rings. The van der Waals surface area contributed by atoms with Crippen LogP contribution in [-0.4, -0.2) is 57.4 Å². The standard InChI is InChI=1S/C22H35N3O3S/c1-4-11-24-12-9-20(10-13-24)23-22(26)19-5-7-21(8-6-19)29(27,28)25-15-17(2)14-18(3)16-25/h5-8,17-18,20H,4,9-16H2,1-3H3,(H,23,26)/p+1/t17-,18-/m1/s1. The SMILES string of the molecule is CCC[NH+]1CCC(NC(=O)c2ccc(S(=O)(=O)N3C[C@H](C)C[C@@H](C)C3)cc2)CC1. The molecule has 2 saturated heterocycles. The van der Waals surface area contributed by atoms with Gasteiger partial charge in [-0.25, -0.2) is 8.42 Å². The van der Waals surface area contributed by atoms with E-state index >= 15 is 0 Å². The van der Waals surface area contributed by atoms with Crippen molar-refractivity contribution in [2.24, 2.45) is 11.8 Å². The maximum atomic E-state index is 13.0. The van der Waals surface area contributed by atoms with Gasteiger partial charge in [-0.1, -0.05) is 20.8 Å². The zero-order chi connectivity index (χ0) is 21.0. The summed E-state index contributed by atoms with van der Waals surface area (Å²) in [5.74, 6) is 0.617. The Morgan fingerprint density at radius 1 is 1.10 bits per heavy atom. The van der Waals surface area contributed by atoms with Gasteiger partial charge in [0.25, 0.3) is 5.91 Å². The van der Waals surface area contributed by atoms with Gasteiger partial charge in [-0.05, 0) is 48.9 Å². The van der Waals surface area contributed by atoms with Crippen molar-refractivity contribution in [1.82, 2.24) is 9.62 Å². The first-order chi connectivity index (χ1) is 13.8. The van der Waals surface area contributed by atoms with Crippen molar-refractivity contribution >= 4 is 15.9 Å². The Morgan fingerprint density at radius 2 is 1.69 bits per heavy atom. The van der Waals surface area contributed by atoms with Crippen molar-refractivity contribution in [1.29, 1.82) is 0 Å². The first-order valence-electron chi connectivity index (χ1n) is 11.0. The highest BCUT2D eigenvalue weighted by atomic mass is 32.2. The van der Waals surface area contributed by atoms with Crippen LogP contribution in [0.25, 0.3) is 0 Å². The number of nitrogens with zero attached hydrogens (tertiary/aromatic N) is 1. The number of carbonyl (C=O) groups excluding carboxylic acids is 1. The maximum absolute atomic E-state index is 13.0. The van der Waals surface area contributed by atoms with Gasteiger partial charge in [-0.15, -0.1) is 0 Å². The van der Waals surface area contributed by atoms with Gasteiger partial charge < -0.3 is 10.2 Å². The lowest BCUT2D eigenvalue weighted by Gasteiger charge is -2.34. The fraction of sp³-hybridized carbons (Fsp3) is 0.682. The number of quaternary nitrogens is 1. The van der Waals surface area contributed by atoms with E-state index in [-0.39, 0.29) is 16.8 Å². The fourth-order valence-electron chi connectivity index (χ4n) is 4.77. The Morgan fingerprint density at radius 3 is 2.24 bits per heavy atom. The summed E-state index contributed by atoms with van der Waals surface area (Å²) < 4.78 is 27.6. The zero-order valence-corrected chi connectivity index (χ0v) is 18.8. The van der Waals surface area contributed by atoms with E-state index < -0.39 is 10.0 Å². The van der Waals surface area contributed by atoms with Crippen LogP contribution in [0, 0.1) is 11.8 Å². The number of carbonyl (C=O) groups is 1. The summed E-state index contributed by atoms with van der Waals surface area (Å²) in [7, 11) is -3.51. The van der Waals surface area contributed by atoms with Crippen molar-refractivity contribution in [2.75, 3.05) is 32.7 Å². The van der Waals surface area contributed by atoms with Crippen LogP contribution in [0.2, 0.25) is 0 Å². The summed E-state index contributed by atoms with van der Waals surface area (Å²) in [5, 5.41) is 3.12. The van der Waals surface area contributed by atoms with Crippen molar-refractivity contribution < 1.29 is 18.1 Å². The van der Waals surface area contributed by atoms with E-state index in [1.165, 1.54) is 13.0 Å². The molecule has 2 aliphatic heterocycles. The molecule has 0 radical (unpaired) electrons. The maximum Gasteiger partial charge on any atom is 0.251 e. The van der Waals surface area contributed by atoms with Gasteiger partial charge in [0.2, 0.25) is 10.0 Å². The third-order valence-electron chi connectivity index (χ3n) is 6.22. The van der Waals surface area contributed by atoms with Crippen LogP contribution in [-0.2, 0) is 10.0 Å². The van der Waals surface area contributed by atoms with Gasteiger partial charge in [0.1, 0.15) is 0 Å². The number of nitrogens with one attached hydrogen (secondary N) is 2. The molecule has 2 aliphatic rings. The van der Waals surface area contributed by atoms with Crippen LogP contribution in [0.5, 0.6) is 0 Å². The smallest absolute Gasteiger partial charge is 0.251 e. The number of rotatable bonds is 6. The van der Waals surface area contributed by atoms with Crippen LogP contribution < -0.4 is 10.2 Å². The molecular weight excluding hydrogens is 386 g/mol. The molecule has 1 aromatic carbocycles. The lowest BCUT2D eigenvalue weighted by molar-refractivity contribution is -0.905. The molecule has 0 spiro atoms. The van der Waals surface area contributed by atoms with Gasteiger partial charge >= 0.3 is 0 Å². The molecule has 0 aliphatic carbocycles. The third-order valence-corrected chi connectivity index (χ3v) is 8.07. The van der Waals surface area contributed by atoms with E-state index in [1.54, 1.807) is 33.5 Å². The highest BCUT2D eigenvalue weighted by Crippen LogP contribution is 2.26. The molecule has 2 N–H and O–H groups in total. The number of benzene rings is 1. The number of amides is 1. The van der Waals surface area contributed by atoms with Gasteiger partial charge in [-0.3, -0.25) is 4.79 Å². The minimum atomic E-state index is -3.51. The predicted molar refractivity (Wildman–Crippen MR) is 114 cm³/mol. The topological polar surface area (TPSA) is 70.9 Å². The molecule has 0 bridgehead atoms.